The van der Waals surface area contributed by atoms with E-state index in [-0.39, 0.29) is 12.5 Å². The molecule has 1 N–H and O–H groups in total. The number of likely N-dealkylation sites (N-methyl/N-ethyl adjacent to an activating group) is 1. The maximum absolute atomic E-state index is 13.0. The molecule has 0 radical (unpaired) electrons. The molecule has 2 atom stereocenters. The molecule has 0 aromatic heterocycles. The molecule has 0 saturated carbocycles. The molecule has 3 aromatic carbocycles. The smallest absolute Gasteiger partial charge is 0.410 e. The molecule has 6 heteroatoms. The third-order valence-corrected chi connectivity index (χ3v) is 6.89. The second-order valence-corrected chi connectivity index (χ2v) is 8.93. The number of nitrogens with zero attached hydrogens (tertiary/aromatic N) is 1. The summed E-state index contributed by atoms with van der Waals surface area (Å²) in [6.45, 7) is 0.225. The van der Waals surface area contributed by atoms with E-state index < -0.39 is 18.2 Å². The van der Waals surface area contributed by atoms with Gasteiger partial charge in [-0.1, -0.05) is 71.7 Å². The highest BCUT2D eigenvalue weighted by Crippen LogP contribution is 2.45. The van der Waals surface area contributed by atoms with E-state index in [0.717, 1.165) is 22.3 Å². The molecule has 158 valence electrons. The summed E-state index contributed by atoms with van der Waals surface area (Å²) in [6, 6.07) is 19.3. The van der Waals surface area contributed by atoms with E-state index in [0.29, 0.717) is 16.5 Å². The molecule has 3 aromatic rings. The molecule has 0 fully saturated rings. The Bertz CT molecular complexity index is 1130. The molecular formula is C25H21Cl2NO3. The number of aliphatic hydroxyl groups excluding tert-OH is 1. The van der Waals surface area contributed by atoms with Gasteiger partial charge in [0.05, 0.1) is 12.1 Å². The predicted octanol–water partition coefficient (Wildman–Crippen LogP) is 5.83. The number of carbonyl (C=O) groups is 1. The monoisotopic (exact) mass is 453 g/mol. The second kappa shape index (κ2) is 7.86. The molecule has 0 spiro atoms. The van der Waals surface area contributed by atoms with Gasteiger partial charge in [-0.3, -0.25) is 0 Å². The first-order chi connectivity index (χ1) is 15.0. The number of ether oxygens (including phenoxy) is 1. The van der Waals surface area contributed by atoms with E-state index in [1.165, 1.54) is 16.0 Å². The standard InChI is InChI=1S/C25H21Cl2NO3/c1-28(24-20-10-14(26)11-22(27)19(20)12-23(24)29)25(30)31-13-21-17-8-4-2-6-15(17)16-7-3-5-9-18(16)21/h2-11,21,23-24,29H,12-13H2,1H3. The molecular weight excluding hydrogens is 433 g/mol. The minimum absolute atomic E-state index is 0.0190. The number of rotatable bonds is 3. The normalized spacial score (nSPS) is 19.0. The fourth-order valence-corrected chi connectivity index (χ4v) is 5.49. The third-order valence-electron chi connectivity index (χ3n) is 6.33. The molecule has 2 unspecified atom stereocenters. The lowest BCUT2D eigenvalue weighted by atomic mass is 9.98. The first-order valence-corrected chi connectivity index (χ1v) is 10.9. The zero-order valence-electron chi connectivity index (χ0n) is 16.9. The van der Waals surface area contributed by atoms with E-state index >= 15 is 0 Å². The second-order valence-electron chi connectivity index (χ2n) is 8.09. The number of hydrogen-bond donors (Lipinski definition) is 1. The highest BCUT2D eigenvalue weighted by Gasteiger charge is 2.38. The summed E-state index contributed by atoms with van der Waals surface area (Å²) >= 11 is 12.5. The van der Waals surface area contributed by atoms with Crippen molar-refractivity contribution < 1.29 is 14.6 Å². The number of benzene rings is 3. The number of halogens is 2. The Morgan fingerprint density at radius 3 is 2.29 bits per heavy atom. The van der Waals surface area contributed by atoms with Crippen molar-refractivity contribution in [2.24, 2.45) is 0 Å². The quantitative estimate of drug-likeness (QED) is 0.542. The molecule has 2 aliphatic carbocycles. The first kappa shape index (κ1) is 20.4. The Morgan fingerprint density at radius 2 is 1.65 bits per heavy atom. The minimum atomic E-state index is -0.767. The highest BCUT2D eigenvalue weighted by molar-refractivity contribution is 6.35. The van der Waals surface area contributed by atoms with Crippen LogP contribution in [-0.2, 0) is 11.2 Å². The first-order valence-electron chi connectivity index (χ1n) is 10.2. The van der Waals surface area contributed by atoms with Crippen molar-refractivity contribution in [3.8, 4) is 11.1 Å². The van der Waals surface area contributed by atoms with Gasteiger partial charge in [0.25, 0.3) is 0 Å². The Morgan fingerprint density at radius 1 is 1.03 bits per heavy atom. The van der Waals surface area contributed by atoms with Crippen LogP contribution in [0.25, 0.3) is 11.1 Å². The molecule has 1 amide bonds. The van der Waals surface area contributed by atoms with Gasteiger partial charge in [-0.05, 0) is 45.5 Å². The molecule has 2 aliphatic rings. The van der Waals surface area contributed by atoms with Crippen molar-refractivity contribution >= 4 is 29.3 Å². The number of aliphatic hydroxyl groups is 1. The molecule has 0 heterocycles. The minimum Gasteiger partial charge on any atom is -0.448 e. The molecule has 4 nitrogen and oxygen atoms in total. The Kier molecular flexibility index (Phi) is 5.17. The van der Waals surface area contributed by atoms with Gasteiger partial charge in [0.15, 0.2) is 0 Å². The van der Waals surface area contributed by atoms with Gasteiger partial charge in [0, 0.05) is 29.4 Å². The summed E-state index contributed by atoms with van der Waals surface area (Å²) in [5.74, 6) is -0.0190. The highest BCUT2D eigenvalue weighted by atomic mass is 35.5. The summed E-state index contributed by atoms with van der Waals surface area (Å²) in [7, 11) is 1.64. The lowest BCUT2D eigenvalue weighted by Crippen LogP contribution is -2.36. The topological polar surface area (TPSA) is 49.8 Å². The summed E-state index contributed by atoms with van der Waals surface area (Å²) < 4.78 is 5.75. The van der Waals surface area contributed by atoms with Crippen LogP contribution in [0.2, 0.25) is 10.0 Å². The van der Waals surface area contributed by atoms with Crippen LogP contribution in [0, 0.1) is 0 Å². The Labute approximate surface area is 191 Å². The summed E-state index contributed by atoms with van der Waals surface area (Å²) in [5, 5.41) is 11.6. The lowest BCUT2D eigenvalue weighted by molar-refractivity contribution is 0.0514. The zero-order chi connectivity index (χ0) is 21.7. The third kappa shape index (κ3) is 3.39. The van der Waals surface area contributed by atoms with Crippen molar-refractivity contribution in [1.82, 2.24) is 4.90 Å². The molecule has 31 heavy (non-hydrogen) atoms. The summed E-state index contributed by atoms with van der Waals surface area (Å²) in [4.78, 5) is 14.4. The van der Waals surface area contributed by atoms with Gasteiger partial charge in [0.2, 0.25) is 0 Å². The van der Waals surface area contributed by atoms with Crippen LogP contribution >= 0.6 is 23.2 Å². The van der Waals surface area contributed by atoms with E-state index in [1.54, 1.807) is 19.2 Å². The number of hydrogen-bond acceptors (Lipinski definition) is 3. The molecule has 0 bridgehead atoms. The molecule has 5 rings (SSSR count). The van der Waals surface area contributed by atoms with Crippen molar-refractivity contribution in [1.29, 1.82) is 0 Å². The lowest BCUT2D eigenvalue weighted by Gasteiger charge is -2.28. The van der Waals surface area contributed by atoms with Crippen LogP contribution in [0.3, 0.4) is 0 Å². The van der Waals surface area contributed by atoms with Crippen LogP contribution in [0.1, 0.15) is 34.2 Å². The average Bonchev–Trinajstić information content (AvgIpc) is 3.26. The Hall–Kier alpha value is -2.53. The SMILES string of the molecule is CN(C(=O)OCC1c2ccccc2-c2ccccc21)C1c2cc(Cl)cc(Cl)c2CC1O. The van der Waals surface area contributed by atoms with Gasteiger partial charge >= 0.3 is 6.09 Å². The summed E-state index contributed by atoms with van der Waals surface area (Å²) in [6.07, 6.45) is -0.886. The van der Waals surface area contributed by atoms with Crippen LogP contribution in [0.15, 0.2) is 60.7 Å². The van der Waals surface area contributed by atoms with Crippen molar-refractivity contribution in [3.05, 3.63) is 93.0 Å². The number of fused-ring (bicyclic) bond motifs is 4. The van der Waals surface area contributed by atoms with Crippen molar-refractivity contribution in [2.45, 2.75) is 24.5 Å². The van der Waals surface area contributed by atoms with Crippen LogP contribution in [0.4, 0.5) is 4.79 Å². The van der Waals surface area contributed by atoms with E-state index in [4.69, 9.17) is 27.9 Å². The van der Waals surface area contributed by atoms with Crippen molar-refractivity contribution in [3.63, 3.8) is 0 Å². The van der Waals surface area contributed by atoms with Crippen LogP contribution in [-0.4, -0.2) is 35.9 Å². The van der Waals surface area contributed by atoms with Gasteiger partial charge in [0.1, 0.15) is 6.61 Å². The van der Waals surface area contributed by atoms with Crippen LogP contribution in [0.5, 0.6) is 0 Å². The molecule has 0 aliphatic heterocycles. The van der Waals surface area contributed by atoms with E-state index in [2.05, 4.69) is 24.3 Å². The number of amides is 1. The van der Waals surface area contributed by atoms with Gasteiger partial charge in [-0.2, -0.15) is 0 Å². The van der Waals surface area contributed by atoms with Gasteiger partial charge in [-0.25, -0.2) is 4.79 Å². The fraction of sp³-hybridized carbons (Fsp3) is 0.240. The summed E-state index contributed by atoms with van der Waals surface area (Å²) in [5.41, 5.74) is 6.25. The van der Waals surface area contributed by atoms with E-state index in [1.807, 2.05) is 24.3 Å². The van der Waals surface area contributed by atoms with Crippen molar-refractivity contribution in [2.75, 3.05) is 13.7 Å². The average molecular weight is 454 g/mol. The zero-order valence-corrected chi connectivity index (χ0v) is 18.4. The maximum Gasteiger partial charge on any atom is 0.410 e. The van der Waals surface area contributed by atoms with Gasteiger partial charge in [-0.15, -0.1) is 0 Å². The predicted molar refractivity (Wildman–Crippen MR) is 122 cm³/mol. The largest absolute Gasteiger partial charge is 0.448 e. The van der Waals surface area contributed by atoms with Crippen LogP contribution < -0.4 is 0 Å². The van der Waals surface area contributed by atoms with E-state index in [9.17, 15) is 9.90 Å². The fourth-order valence-electron chi connectivity index (χ4n) is 4.91. The molecule has 0 saturated heterocycles. The number of carbonyl (C=O) groups excluding carboxylic acids is 1. The van der Waals surface area contributed by atoms with Gasteiger partial charge < -0.3 is 14.7 Å². The maximum atomic E-state index is 13.0. The Balaban J connectivity index is 1.37.